The van der Waals surface area contributed by atoms with Crippen LogP contribution in [0.4, 0.5) is 10.1 Å². The SMILES string of the molecule is CC1CCCC(Nc2ccc(F)cc2C(N)=S)C1. The molecule has 2 rings (SSSR count). The number of anilines is 1. The highest BCUT2D eigenvalue weighted by Crippen LogP contribution is 2.27. The molecule has 1 aliphatic rings. The number of rotatable bonds is 3. The van der Waals surface area contributed by atoms with E-state index in [0.717, 1.165) is 24.4 Å². The average molecular weight is 266 g/mol. The van der Waals surface area contributed by atoms with E-state index in [4.69, 9.17) is 18.0 Å². The molecule has 1 aromatic carbocycles. The van der Waals surface area contributed by atoms with Crippen LogP contribution in [0.3, 0.4) is 0 Å². The Morgan fingerprint density at radius 2 is 2.22 bits per heavy atom. The second-order valence-electron chi connectivity index (χ2n) is 5.17. The second-order valence-corrected chi connectivity index (χ2v) is 5.61. The van der Waals surface area contributed by atoms with E-state index >= 15 is 0 Å². The molecule has 0 aliphatic heterocycles. The normalized spacial score (nSPS) is 23.7. The molecular formula is C14H19FN2S. The van der Waals surface area contributed by atoms with Crippen molar-refractivity contribution in [1.82, 2.24) is 0 Å². The molecule has 0 amide bonds. The van der Waals surface area contributed by atoms with Crippen LogP contribution >= 0.6 is 12.2 Å². The van der Waals surface area contributed by atoms with Crippen LogP contribution < -0.4 is 11.1 Å². The van der Waals surface area contributed by atoms with Crippen molar-refractivity contribution in [2.75, 3.05) is 5.32 Å². The predicted octanol–water partition coefficient (Wildman–Crippen LogP) is 3.45. The monoisotopic (exact) mass is 266 g/mol. The highest BCUT2D eigenvalue weighted by Gasteiger charge is 2.19. The maximum atomic E-state index is 13.2. The van der Waals surface area contributed by atoms with E-state index in [1.54, 1.807) is 6.07 Å². The van der Waals surface area contributed by atoms with Gasteiger partial charge in [0.15, 0.2) is 0 Å². The van der Waals surface area contributed by atoms with Crippen LogP contribution in [0, 0.1) is 11.7 Å². The van der Waals surface area contributed by atoms with Gasteiger partial charge in [0.25, 0.3) is 0 Å². The smallest absolute Gasteiger partial charge is 0.124 e. The van der Waals surface area contributed by atoms with Gasteiger partial charge < -0.3 is 11.1 Å². The zero-order valence-corrected chi connectivity index (χ0v) is 11.4. The first kappa shape index (κ1) is 13.3. The van der Waals surface area contributed by atoms with Gasteiger partial charge in [0, 0.05) is 17.3 Å². The van der Waals surface area contributed by atoms with Crippen molar-refractivity contribution < 1.29 is 4.39 Å². The number of hydrogen-bond donors (Lipinski definition) is 2. The van der Waals surface area contributed by atoms with Crippen molar-refractivity contribution in [3.63, 3.8) is 0 Å². The molecule has 1 aliphatic carbocycles. The minimum Gasteiger partial charge on any atom is -0.389 e. The van der Waals surface area contributed by atoms with Crippen LogP contribution in [-0.2, 0) is 0 Å². The number of hydrogen-bond acceptors (Lipinski definition) is 2. The minimum absolute atomic E-state index is 0.237. The third-order valence-corrected chi connectivity index (χ3v) is 3.76. The molecular weight excluding hydrogens is 247 g/mol. The molecule has 4 heteroatoms. The van der Waals surface area contributed by atoms with E-state index in [2.05, 4.69) is 12.2 Å². The molecule has 0 saturated heterocycles. The Morgan fingerprint density at radius 1 is 1.44 bits per heavy atom. The quantitative estimate of drug-likeness (QED) is 0.823. The lowest BCUT2D eigenvalue weighted by Crippen LogP contribution is -2.27. The summed E-state index contributed by atoms with van der Waals surface area (Å²) >= 11 is 4.97. The van der Waals surface area contributed by atoms with Crippen molar-refractivity contribution >= 4 is 22.9 Å². The highest BCUT2D eigenvalue weighted by molar-refractivity contribution is 7.80. The molecule has 1 fully saturated rings. The molecule has 1 aromatic rings. The van der Waals surface area contributed by atoms with Crippen molar-refractivity contribution in [2.24, 2.45) is 11.7 Å². The standard InChI is InChI=1S/C14H19FN2S/c1-9-3-2-4-11(7-9)17-13-6-5-10(15)8-12(13)14(16)18/h5-6,8-9,11,17H,2-4,7H2,1H3,(H2,16,18). The first-order valence-corrected chi connectivity index (χ1v) is 6.83. The summed E-state index contributed by atoms with van der Waals surface area (Å²) in [5.41, 5.74) is 7.09. The number of nitrogens with two attached hydrogens (primary N) is 1. The summed E-state index contributed by atoms with van der Waals surface area (Å²) in [5.74, 6) is 0.435. The van der Waals surface area contributed by atoms with E-state index in [1.807, 2.05) is 0 Å². The topological polar surface area (TPSA) is 38.0 Å². The van der Waals surface area contributed by atoms with E-state index in [0.29, 0.717) is 11.6 Å². The van der Waals surface area contributed by atoms with Gasteiger partial charge in [0.2, 0.25) is 0 Å². The Hall–Kier alpha value is -1.16. The van der Waals surface area contributed by atoms with Crippen molar-refractivity contribution in [3.05, 3.63) is 29.6 Å². The molecule has 1 saturated carbocycles. The van der Waals surface area contributed by atoms with Crippen LogP contribution in [0.2, 0.25) is 0 Å². The van der Waals surface area contributed by atoms with Gasteiger partial charge in [0.05, 0.1) is 0 Å². The lowest BCUT2D eigenvalue weighted by atomic mass is 9.87. The van der Waals surface area contributed by atoms with Crippen LogP contribution in [0.25, 0.3) is 0 Å². The zero-order valence-electron chi connectivity index (χ0n) is 10.6. The van der Waals surface area contributed by atoms with Crippen LogP contribution in [0.15, 0.2) is 18.2 Å². The second kappa shape index (κ2) is 5.65. The Balaban J connectivity index is 2.15. The highest BCUT2D eigenvalue weighted by atomic mass is 32.1. The fraction of sp³-hybridized carbons (Fsp3) is 0.500. The minimum atomic E-state index is -0.305. The summed E-state index contributed by atoms with van der Waals surface area (Å²) in [5, 5.41) is 3.45. The van der Waals surface area contributed by atoms with Gasteiger partial charge in [-0.05, 0) is 37.0 Å². The lowest BCUT2D eigenvalue weighted by Gasteiger charge is -2.29. The molecule has 3 N–H and O–H groups in total. The average Bonchev–Trinajstić information content (AvgIpc) is 2.31. The molecule has 0 aromatic heterocycles. The largest absolute Gasteiger partial charge is 0.389 e. The molecule has 0 radical (unpaired) electrons. The van der Waals surface area contributed by atoms with Gasteiger partial charge in [-0.15, -0.1) is 0 Å². The summed E-state index contributed by atoms with van der Waals surface area (Å²) in [6.45, 7) is 2.27. The fourth-order valence-electron chi connectivity index (χ4n) is 2.63. The van der Waals surface area contributed by atoms with Gasteiger partial charge in [-0.1, -0.05) is 32.0 Å². The molecule has 2 nitrogen and oxygen atoms in total. The van der Waals surface area contributed by atoms with Crippen LogP contribution in [0.5, 0.6) is 0 Å². The molecule has 0 bridgehead atoms. The van der Waals surface area contributed by atoms with Crippen molar-refractivity contribution in [2.45, 2.75) is 38.6 Å². The van der Waals surface area contributed by atoms with Gasteiger partial charge in [-0.2, -0.15) is 0 Å². The van der Waals surface area contributed by atoms with Gasteiger partial charge in [-0.25, -0.2) is 4.39 Å². The third-order valence-electron chi connectivity index (χ3n) is 3.54. The molecule has 0 heterocycles. The third kappa shape index (κ3) is 3.19. The fourth-order valence-corrected chi connectivity index (χ4v) is 2.80. The van der Waals surface area contributed by atoms with Crippen molar-refractivity contribution in [1.29, 1.82) is 0 Å². The number of nitrogens with one attached hydrogen (secondary N) is 1. The van der Waals surface area contributed by atoms with Gasteiger partial charge >= 0.3 is 0 Å². The lowest BCUT2D eigenvalue weighted by molar-refractivity contribution is 0.358. The van der Waals surface area contributed by atoms with Crippen LogP contribution in [-0.4, -0.2) is 11.0 Å². The maximum Gasteiger partial charge on any atom is 0.124 e. The van der Waals surface area contributed by atoms with Crippen molar-refractivity contribution in [3.8, 4) is 0 Å². The zero-order chi connectivity index (χ0) is 13.1. The van der Waals surface area contributed by atoms with Crippen LogP contribution in [0.1, 0.15) is 38.2 Å². The summed E-state index contributed by atoms with van der Waals surface area (Å²) in [7, 11) is 0. The molecule has 98 valence electrons. The molecule has 18 heavy (non-hydrogen) atoms. The van der Waals surface area contributed by atoms with E-state index < -0.39 is 0 Å². The summed E-state index contributed by atoms with van der Waals surface area (Å²) in [6.07, 6.45) is 4.83. The first-order chi connectivity index (χ1) is 8.56. The van der Waals surface area contributed by atoms with E-state index in [9.17, 15) is 4.39 Å². The van der Waals surface area contributed by atoms with Gasteiger partial charge in [-0.3, -0.25) is 0 Å². The number of benzene rings is 1. The molecule has 0 spiro atoms. The Labute approximate surface area is 113 Å². The maximum absolute atomic E-state index is 13.2. The Bertz CT molecular complexity index is 447. The van der Waals surface area contributed by atoms with E-state index in [-0.39, 0.29) is 10.8 Å². The van der Waals surface area contributed by atoms with E-state index in [1.165, 1.54) is 25.0 Å². The number of halogens is 1. The Morgan fingerprint density at radius 3 is 2.89 bits per heavy atom. The Kier molecular flexibility index (Phi) is 4.17. The summed E-state index contributed by atoms with van der Waals surface area (Å²) in [6, 6.07) is 5.00. The predicted molar refractivity (Wildman–Crippen MR) is 77.3 cm³/mol. The summed E-state index contributed by atoms with van der Waals surface area (Å²) < 4.78 is 13.2. The molecule has 2 atom stereocenters. The number of thiocarbonyl (C=S) groups is 1. The molecule has 2 unspecified atom stereocenters. The first-order valence-electron chi connectivity index (χ1n) is 6.42. The van der Waals surface area contributed by atoms with Gasteiger partial charge in [0.1, 0.15) is 10.8 Å². The summed E-state index contributed by atoms with van der Waals surface area (Å²) in [4.78, 5) is 0.237.